The molecular weight excluding hydrogens is 410 g/mol. The summed E-state index contributed by atoms with van der Waals surface area (Å²) in [5, 5.41) is 3.26. The zero-order chi connectivity index (χ0) is 22.6. The molecule has 0 aliphatic carbocycles. The molecule has 0 N–H and O–H groups in total. The van der Waals surface area contributed by atoms with Crippen LogP contribution in [0.5, 0.6) is 0 Å². The van der Waals surface area contributed by atoms with Gasteiger partial charge in [-0.25, -0.2) is 8.42 Å². The van der Waals surface area contributed by atoms with E-state index in [9.17, 15) is 8.42 Å². The van der Waals surface area contributed by atoms with Crippen molar-refractivity contribution in [2.45, 2.75) is 61.9 Å². The Bertz CT molecular complexity index is 975. The number of oxime groups is 1. The molecule has 0 amide bonds. The maximum Gasteiger partial charge on any atom is 0.286 e. The lowest BCUT2D eigenvalue weighted by Crippen LogP contribution is -2.39. The highest BCUT2D eigenvalue weighted by Gasteiger charge is 2.40. The van der Waals surface area contributed by atoms with Crippen molar-refractivity contribution in [3.05, 3.63) is 78.4 Å². The van der Waals surface area contributed by atoms with Gasteiger partial charge in [0.15, 0.2) is 9.84 Å². The van der Waals surface area contributed by atoms with Gasteiger partial charge in [0.1, 0.15) is 5.25 Å². The van der Waals surface area contributed by atoms with Gasteiger partial charge in [-0.2, -0.15) is 0 Å². The highest BCUT2D eigenvalue weighted by atomic mass is 32.2. The summed E-state index contributed by atoms with van der Waals surface area (Å²) in [5.74, 6) is -0.454. The van der Waals surface area contributed by atoms with E-state index in [1.165, 1.54) is 6.21 Å². The second-order valence-electron chi connectivity index (χ2n) is 9.10. The molecule has 4 nitrogen and oxygen atoms in total. The number of aryl methyl sites for hydroxylation is 1. The Labute approximate surface area is 182 Å². The molecule has 0 spiro atoms. The number of allylic oxidation sites excluding steroid dienone is 1. The fraction of sp³-hybridized carbons (Fsp3) is 0.375. The minimum Gasteiger partial charge on any atom is -0.455 e. The van der Waals surface area contributed by atoms with Gasteiger partial charge in [0.05, 0.1) is 11.1 Å². The van der Waals surface area contributed by atoms with E-state index in [1.807, 2.05) is 37.3 Å². The third-order valence-electron chi connectivity index (χ3n) is 5.80. The Morgan fingerprint density at radius 1 is 1.03 bits per heavy atom. The third kappa shape index (κ3) is 5.49. The average Bonchev–Trinajstić information content (AvgIpc) is 2.67. The lowest BCUT2D eigenvalue weighted by Gasteiger charge is -2.33. The van der Waals surface area contributed by atoms with Gasteiger partial charge >= 0.3 is 0 Å². The molecular formula is C24H33NO3SSi. The quantitative estimate of drug-likeness (QED) is 0.214. The van der Waals surface area contributed by atoms with Crippen molar-refractivity contribution in [1.82, 2.24) is 0 Å². The molecule has 0 aliphatic heterocycles. The number of nitrogens with zero attached hydrogens (tertiary/aromatic N) is 1. The summed E-state index contributed by atoms with van der Waals surface area (Å²) in [6.45, 7) is 16.4. The fourth-order valence-corrected chi connectivity index (χ4v) is 5.04. The molecule has 2 unspecified atom stereocenters. The van der Waals surface area contributed by atoms with Crippen LogP contribution < -0.4 is 0 Å². The van der Waals surface area contributed by atoms with Gasteiger partial charge in [0, 0.05) is 5.92 Å². The molecule has 0 saturated carbocycles. The number of hydrogen-bond acceptors (Lipinski definition) is 4. The first-order valence-electron chi connectivity index (χ1n) is 10.1. The molecule has 0 bridgehead atoms. The molecule has 0 heterocycles. The van der Waals surface area contributed by atoms with Crippen molar-refractivity contribution < 1.29 is 12.9 Å². The van der Waals surface area contributed by atoms with Crippen LogP contribution in [0.3, 0.4) is 0 Å². The van der Waals surface area contributed by atoms with E-state index in [0.29, 0.717) is 0 Å². The van der Waals surface area contributed by atoms with Gasteiger partial charge in [-0.3, -0.25) is 0 Å². The maximum absolute atomic E-state index is 13.6. The van der Waals surface area contributed by atoms with Gasteiger partial charge in [-0.15, -0.1) is 11.7 Å². The average molecular weight is 444 g/mol. The van der Waals surface area contributed by atoms with Crippen LogP contribution in [-0.4, -0.2) is 28.2 Å². The van der Waals surface area contributed by atoms with Crippen LogP contribution in [0.4, 0.5) is 0 Å². The summed E-state index contributed by atoms with van der Waals surface area (Å²) in [6.07, 6.45) is 3.11. The van der Waals surface area contributed by atoms with E-state index in [4.69, 9.17) is 4.53 Å². The third-order valence-corrected chi connectivity index (χ3v) is 12.0. The molecule has 6 heteroatoms. The van der Waals surface area contributed by atoms with E-state index < -0.39 is 29.3 Å². The van der Waals surface area contributed by atoms with Gasteiger partial charge in [-0.05, 0) is 42.8 Å². The van der Waals surface area contributed by atoms with Crippen molar-refractivity contribution in [2.75, 3.05) is 0 Å². The SMILES string of the molecule is C=CC(c1ccccc1)C(/C=N/O[Si](C)(C)C(C)(C)C)S(=O)(=O)c1ccc(C)cc1. The molecule has 2 rings (SSSR count). The van der Waals surface area contributed by atoms with Crippen LogP contribution in [0.25, 0.3) is 0 Å². The number of hydrogen-bond donors (Lipinski definition) is 0. The second-order valence-corrected chi connectivity index (χ2v) is 15.9. The summed E-state index contributed by atoms with van der Waals surface area (Å²) in [7, 11) is -5.88. The Balaban J connectivity index is 2.51. The Hall–Kier alpha value is -2.18. The van der Waals surface area contributed by atoms with E-state index >= 15 is 0 Å². The standard InChI is InChI=1S/C24H33NO3SSi/c1-8-22(20-12-10-9-11-13-20)23(18-25-28-30(6,7)24(3,4)5)29(26,27)21-16-14-19(2)15-17-21/h8-18,22-23H,1H2,2-7H3/b25-18+. The van der Waals surface area contributed by atoms with Crippen LogP contribution in [0.1, 0.15) is 37.8 Å². The molecule has 2 aromatic rings. The molecule has 0 aliphatic rings. The molecule has 0 fully saturated rings. The van der Waals surface area contributed by atoms with E-state index in [2.05, 4.69) is 45.6 Å². The minimum absolute atomic E-state index is 0.0348. The topological polar surface area (TPSA) is 55.7 Å². The van der Waals surface area contributed by atoms with Gasteiger partial charge < -0.3 is 4.53 Å². The lowest BCUT2D eigenvalue weighted by molar-refractivity contribution is 0.309. The molecule has 2 aromatic carbocycles. The van der Waals surface area contributed by atoms with Crippen LogP contribution in [-0.2, 0) is 14.4 Å². The minimum atomic E-state index is -3.72. The summed E-state index contributed by atoms with van der Waals surface area (Å²) in [5.41, 5.74) is 1.87. The van der Waals surface area contributed by atoms with Gasteiger partial charge in [0.2, 0.25) is 0 Å². The fourth-order valence-electron chi connectivity index (χ4n) is 2.75. The lowest BCUT2D eigenvalue weighted by atomic mass is 9.96. The highest BCUT2D eigenvalue weighted by molar-refractivity contribution is 7.92. The first-order valence-corrected chi connectivity index (χ1v) is 14.6. The van der Waals surface area contributed by atoms with Crippen molar-refractivity contribution in [1.29, 1.82) is 0 Å². The van der Waals surface area contributed by atoms with E-state index in [-0.39, 0.29) is 9.93 Å². The molecule has 30 heavy (non-hydrogen) atoms. The molecule has 0 aromatic heterocycles. The Morgan fingerprint density at radius 2 is 1.60 bits per heavy atom. The smallest absolute Gasteiger partial charge is 0.286 e. The van der Waals surface area contributed by atoms with E-state index in [1.54, 1.807) is 30.3 Å². The summed E-state index contributed by atoms with van der Waals surface area (Å²) >= 11 is 0. The van der Waals surface area contributed by atoms with Gasteiger partial charge in [0.25, 0.3) is 8.32 Å². The summed E-state index contributed by atoms with van der Waals surface area (Å²) in [6, 6.07) is 16.4. The second kappa shape index (κ2) is 9.31. The molecule has 162 valence electrons. The molecule has 0 saturated heterocycles. The summed E-state index contributed by atoms with van der Waals surface area (Å²) in [4.78, 5) is 0.264. The van der Waals surface area contributed by atoms with Gasteiger partial charge in [-0.1, -0.05) is 74.9 Å². The van der Waals surface area contributed by atoms with E-state index in [0.717, 1.165) is 11.1 Å². The maximum atomic E-state index is 13.6. The Morgan fingerprint density at radius 3 is 2.10 bits per heavy atom. The van der Waals surface area contributed by atoms with Crippen molar-refractivity contribution in [3.63, 3.8) is 0 Å². The van der Waals surface area contributed by atoms with Crippen LogP contribution in [0.2, 0.25) is 18.1 Å². The molecule has 2 atom stereocenters. The normalized spacial score (nSPS) is 15.0. The zero-order valence-corrected chi connectivity index (χ0v) is 20.6. The zero-order valence-electron chi connectivity index (χ0n) is 18.8. The van der Waals surface area contributed by atoms with Crippen LogP contribution in [0, 0.1) is 6.92 Å². The number of rotatable bonds is 8. The monoisotopic (exact) mass is 443 g/mol. The predicted molar refractivity (Wildman–Crippen MR) is 128 cm³/mol. The first-order chi connectivity index (χ1) is 13.9. The van der Waals surface area contributed by atoms with Crippen LogP contribution in [0.15, 0.2) is 77.3 Å². The van der Waals surface area contributed by atoms with Crippen molar-refractivity contribution >= 4 is 24.4 Å². The predicted octanol–water partition coefficient (Wildman–Crippen LogP) is 6.11. The number of sulfone groups is 1. The first kappa shape index (κ1) is 24.1. The largest absolute Gasteiger partial charge is 0.455 e. The number of benzene rings is 2. The van der Waals surface area contributed by atoms with Crippen molar-refractivity contribution in [2.24, 2.45) is 5.16 Å². The Kier molecular flexibility index (Phi) is 7.48. The molecule has 0 radical (unpaired) electrons. The highest BCUT2D eigenvalue weighted by Crippen LogP contribution is 2.37. The van der Waals surface area contributed by atoms with Crippen molar-refractivity contribution in [3.8, 4) is 0 Å². The summed E-state index contributed by atoms with van der Waals surface area (Å²) < 4.78 is 33.1. The van der Waals surface area contributed by atoms with Crippen LogP contribution >= 0.6 is 0 Å².